The molecule has 1 amide bonds. The van der Waals surface area contributed by atoms with Gasteiger partial charge < -0.3 is 15.1 Å². The van der Waals surface area contributed by atoms with E-state index in [0.717, 1.165) is 31.3 Å². The van der Waals surface area contributed by atoms with Gasteiger partial charge in [0, 0.05) is 5.92 Å². The average molecular weight is 251 g/mol. The summed E-state index contributed by atoms with van der Waals surface area (Å²) in [4.78, 5) is 24.8. The van der Waals surface area contributed by atoms with E-state index < -0.39 is 18.0 Å². The number of aliphatic hydroxyl groups is 1. The second-order valence-electron chi connectivity index (χ2n) is 5.50. The number of hydrogen-bond acceptors (Lipinski definition) is 3. The van der Waals surface area contributed by atoms with Gasteiger partial charge in [0.15, 0.2) is 0 Å². The van der Waals surface area contributed by atoms with Crippen molar-refractivity contribution < 1.29 is 19.8 Å². The Kier molecular flexibility index (Phi) is 2.48. The van der Waals surface area contributed by atoms with Crippen LogP contribution in [0.4, 0.5) is 0 Å². The molecule has 18 heavy (non-hydrogen) atoms. The van der Waals surface area contributed by atoms with Crippen molar-refractivity contribution in [1.82, 2.24) is 4.90 Å². The first-order valence-corrected chi connectivity index (χ1v) is 6.51. The Morgan fingerprint density at radius 2 is 2.17 bits per heavy atom. The number of hydrogen-bond donors (Lipinski definition) is 2. The lowest BCUT2D eigenvalue weighted by Crippen LogP contribution is -2.63. The normalized spacial score (nSPS) is 36.0. The number of carbonyl (C=O) groups excluding carboxylic acids is 1. The fourth-order valence-corrected chi connectivity index (χ4v) is 3.82. The summed E-state index contributed by atoms with van der Waals surface area (Å²) in [6, 6.07) is -0.112. The summed E-state index contributed by atoms with van der Waals surface area (Å²) in [6.45, 7) is 1.61. The van der Waals surface area contributed by atoms with E-state index in [2.05, 4.69) is 0 Å². The highest BCUT2D eigenvalue weighted by molar-refractivity contribution is 6.00. The van der Waals surface area contributed by atoms with Crippen LogP contribution in [0.2, 0.25) is 0 Å². The number of aliphatic hydroxyl groups excluding tert-OH is 1. The molecule has 0 aromatic rings. The average Bonchev–Trinajstić information content (AvgIpc) is 2.60. The number of carboxylic acid groups (broad SMARTS) is 1. The first-order chi connectivity index (χ1) is 8.54. The fraction of sp³-hybridized carbons (Fsp3) is 0.692. The largest absolute Gasteiger partial charge is 0.477 e. The number of carbonyl (C=O) groups is 2. The van der Waals surface area contributed by atoms with Crippen LogP contribution in [-0.2, 0) is 9.59 Å². The molecule has 2 heterocycles. The highest BCUT2D eigenvalue weighted by atomic mass is 16.4. The Bertz CT molecular complexity index is 454. The zero-order valence-electron chi connectivity index (χ0n) is 10.3. The van der Waals surface area contributed by atoms with Crippen LogP contribution in [0.15, 0.2) is 11.3 Å². The zero-order chi connectivity index (χ0) is 13.0. The summed E-state index contributed by atoms with van der Waals surface area (Å²) in [5.41, 5.74) is 1.13. The monoisotopic (exact) mass is 251 g/mol. The van der Waals surface area contributed by atoms with Crippen LogP contribution in [0.3, 0.4) is 0 Å². The maximum atomic E-state index is 12.0. The highest BCUT2D eigenvalue weighted by Crippen LogP contribution is 2.51. The molecule has 2 aliphatic heterocycles. The van der Waals surface area contributed by atoms with E-state index in [1.807, 2.05) is 0 Å². The molecule has 0 aromatic carbocycles. The van der Waals surface area contributed by atoms with Gasteiger partial charge in [-0.25, -0.2) is 4.79 Å². The summed E-state index contributed by atoms with van der Waals surface area (Å²) in [5, 5.41) is 19.0. The summed E-state index contributed by atoms with van der Waals surface area (Å²) in [6.07, 6.45) is 3.08. The van der Waals surface area contributed by atoms with Gasteiger partial charge in [0.05, 0.1) is 18.1 Å². The Labute approximate surface area is 105 Å². The lowest BCUT2D eigenvalue weighted by atomic mass is 9.72. The fourth-order valence-electron chi connectivity index (χ4n) is 3.82. The van der Waals surface area contributed by atoms with Gasteiger partial charge in [0.2, 0.25) is 5.91 Å². The Morgan fingerprint density at radius 3 is 2.78 bits per heavy atom. The molecule has 2 fully saturated rings. The molecule has 3 rings (SSSR count). The maximum absolute atomic E-state index is 12.0. The van der Waals surface area contributed by atoms with Gasteiger partial charge in [-0.3, -0.25) is 4.79 Å². The van der Waals surface area contributed by atoms with Crippen LogP contribution in [0, 0.1) is 11.8 Å². The van der Waals surface area contributed by atoms with Crippen molar-refractivity contribution in [3.8, 4) is 0 Å². The minimum absolute atomic E-state index is 0.112. The number of carboxylic acids is 1. The van der Waals surface area contributed by atoms with Crippen molar-refractivity contribution in [2.24, 2.45) is 11.8 Å². The smallest absolute Gasteiger partial charge is 0.352 e. The first kappa shape index (κ1) is 11.7. The van der Waals surface area contributed by atoms with E-state index in [4.69, 9.17) is 0 Å². The van der Waals surface area contributed by atoms with Crippen molar-refractivity contribution >= 4 is 11.9 Å². The maximum Gasteiger partial charge on any atom is 0.352 e. The first-order valence-electron chi connectivity index (χ1n) is 6.51. The molecule has 4 atom stereocenters. The molecule has 0 radical (unpaired) electrons. The van der Waals surface area contributed by atoms with E-state index >= 15 is 0 Å². The standard InChI is InChI=1S/C13H17NO4/c1-6(15)9-10-7-4-2-3-5-8(7)11(13(17)18)14(10)12(9)16/h6-7,9-10,15H,2-5H2,1H3,(H,17,18)/t6-,7?,9?,10?/m1/s1. The van der Waals surface area contributed by atoms with E-state index in [1.165, 1.54) is 4.90 Å². The van der Waals surface area contributed by atoms with Crippen LogP contribution in [0.5, 0.6) is 0 Å². The van der Waals surface area contributed by atoms with E-state index in [1.54, 1.807) is 6.92 Å². The molecule has 2 N–H and O–H groups in total. The summed E-state index contributed by atoms with van der Waals surface area (Å²) >= 11 is 0. The summed E-state index contributed by atoms with van der Waals surface area (Å²) in [7, 11) is 0. The third-order valence-electron chi connectivity index (χ3n) is 4.53. The second kappa shape index (κ2) is 3.82. The number of fused-ring (bicyclic) bond motifs is 3. The zero-order valence-corrected chi connectivity index (χ0v) is 10.3. The number of rotatable bonds is 2. The van der Waals surface area contributed by atoms with Gasteiger partial charge in [-0.05, 0) is 31.8 Å². The summed E-state index contributed by atoms with van der Waals surface area (Å²) < 4.78 is 0. The molecule has 3 aliphatic rings. The Hall–Kier alpha value is -1.36. The van der Waals surface area contributed by atoms with E-state index in [9.17, 15) is 19.8 Å². The van der Waals surface area contributed by atoms with Crippen molar-refractivity contribution in [2.75, 3.05) is 0 Å². The SMILES string of the molecule is C[C@@H](O)C1C(=O)N2C(C(=O)O)=C3CCCCC3C12. The quantitative estimate of drug-likeness (QED) is 0.709. The topological polar surface area (TPSA) is 77.8 Å². The summed E-state index contributed by atoms with van der Waals surface area (Å²) in [5.74, 6) is -1.49. The Balaban J connectivity index is 2.00. The number of aliphatic carboxylic acids is 1. The van der Waals surface area contributed by atoms with Crippen LogP contribution in [-0.4, -0.2) is 39.1 Å². The van der Waals surface area contributed by atoms with Crippen molar-refractivity contribution in [3.05, 3.63) is 11.3 Å². The molecule has 1 saturated carbocycles. The van der Waals surface area contributed by atoms with Gasteiger partial charge in [-0.2, -0.15) is 0 Å². The molecule has 0 aromatic heterocycles. The van der Waals surface area contributed by atoms with Crippen molar-refractivity contribution in [1.29, 1.82) is 0 Å². The number of amides is 1. The highest BCUT2D eigenvalue weighted by Gasteiger charge is 2.60. The van der Waals surface area contributed by atoms with Crippen LogP contribution in [0.25, 0.3) is 0 Å². The predicted octanol–water partition coefficient (Wildman–Crippen LogP) is 0.737. The molecular formula is C13H17NO4. The van der Waals surface area contributed by atoms with Crippen LogP contribution in [0.1, 0.15) is 32.6 Å². The molecule has 0 spiro atoms. The van der Waals surface area contributed by atoms with Crippen LogP contribution < -0.4 is 0 Å². The number of nitrogens with zero attached hydrogens (tertiary/aromatic N) is 1. The molecule has 98 valence electrons. The lowest BCUT2D eigenvalue weighted by Gasteiger charge is -2.47. The predicted molar refractivity (Wildman–Crippen MR) is 62.4 cm³/mol. The molecule has 1 saturated heterocycles. The molecule has 0 bridgehead atoms. The van der Waals surface area contributed by atoms with E-state index in [-0.39, 0.29) is 23.6 Å². The van der Waals surface area contributed by atoms with Gasteiger partial charge in [0.25, 0.3) is 0 Å². The molecule has 5 heteroatoms. The van der Waals surface area contributed by atoms with Gasteiger partial charge in [-0.15, -0.1) is 0 Å². The molecule has 1 aliphatic carbocycles. The molecular weight excluding hydrogens is 234 g/mol. The number of β-lactam (4-membered cyclic amide) rings is 1. The van der Waals surface area contributed by atoms with Gasteiger partial charge in [0.1, 0.15) is 5.70 Å². The van der Waals surface area contributed by atoms with Crippen molar-refractivity contribution in [2.45, 2.75) is 44.8 Å². The Morgan fingerprint density at radius 1 is 1.44 bits per heavy atom. The molecule has 3 unspecified atom stereocenters. The minimum atomic E-state index is -1.00. The van der Waals surface area contributed by atoms with E-state index in [0.29, 0.717) is 0 Å². The lowest BCUT2D eigenvalue weighted by molar-refractivity contribution is -0.163. The molecule has 5 nitrogen and oxygen atoms in total. The van der Waals surface area contributed by atoms with Crippen molar-refractivity contribution in [3.63, 3.8) is 0 Å². The van der Waals surface area contributed by atoms with Gasteiger partial charge >= 0.3 is 5.97 Å². The van der Waals surface area contributed by atoms with Gasteiger partial charge in [-0.1, -0.05) is 6.42 Å². The minimum Gasteiger partial charge on any atom is -0.477 e. The van der Waals surface area contributed by atoms with Crippen LogP contribution >= 0.6 is 0 Å². The third kappa shape index (κ3) is 1.31. The third-order valence-corrected chi connectivity index (χ3v) is 4.53. The second-order valence-corrected chi connectivity index (χ2v) is 5.50.